The van der Waals surface area contributed by atoms with Crippen LogP contribution in [0.5, 0.6) is 0 Å². The molecular weight excluding hydrogens is 294 g/mol. The summed E-state index contributed by atoms with van der Waals surface area (Å²) >= 11 is 3.47. The standard InChI is InChI=1S/C13H20BrN3O/c1-13(2,9-14)10-17-12(18)7-11(8-15-17)16-5-3-4-6-16/h7-8H,3-6,9-10H2,1-2H3. The third-order valence-corrected chi connectivity index (χ3v) is 4.78. The van der Waals surface area contributed by atoms with Gasteiger partial charge in [-0.25, -0.2) is 4.68 Å². The third kappa shape index (κ3) is 3.13. The Morgan fingerprint density at radius 2 is 2.06 bits per heavy atom. The zero-order valence-corrected chi connectivity index (χ0v) is 12.6. The number of aromatic nitrogens is 2. The summed E-state index contributed by atoms with van der Waals surface area (Å²) in [4.78, 5) is 14.3. The van der Waals surface area contributed by atoms with Crippen molar-refractivity contribution in [2.24, 2.45) is 5.41 Å². The van der Waals surface area contributed by atoms with E-state index in [1.54, 1.807) is 10.7 Å². The predicted octanol–water partition coefficient (Wildman–Crippen LogP) is 2.26. The molecular formula is C13H20BrN3O. The van der Waals surface area contributed by atoms with Crippen molar-refractivity contribution in [3.8, 4) is 0 Å². The van der Waals surface area contributed by atoms with Gasteiger partial charge in [-0.2, -0.15) is 5.10 Å². The van der Waals surface area contributed by atoms with Crippen LogP contribution in [0, 0.1) is 5.41 Å². The quantitative estimate of drug-likeness (QED) is 0.800. The highest BCUT2D eigenvalue weighted by Crippen LogP contribution is 2.20. The van der Waals surface area contributed by atoms with E-state index in [1.807, 2.05) is 6.20 Å². The minimum atomic E-state index is -0.00609. The molecule has 1 aromatic heterocycles. The van der Waals surface area contributed by atoms with Crippen LogP contribution in [0.3, 0.4) is 0 Å². The van der Waals surface area contributed by atoms with E-state index in [1.165, 1.54) is 12.8 Å². The normalized spacial score (nSPS) is 16.3. The van der Waals surface area contributed by atoms with Crippen molar-refractivity contribution < 1.29 is 0 Å². The van der Waals surface area contributed by atoms with E-state index in [4.69, 9.17) is 0 Å². The first-order valence-corrected chi connectivity index (χ1v) is 7.52. The maximum absolute atomic E-state index is 12.0. The Kier molecular flexibility index (Phi) is 4.10. The van der Waals surface area contributed by atoms with Crippen LogP contribution in [0.25, 0.3) is 0 Å². The van der Waals surface area contributed by atoms with Crippen molar-refractivity contribution in [1.29, 1.82) is 0 Å². The van der Waals surface area contributed by atoms with Crippen LogP contribution in [0.4, 0.5) is 5.69 Å². The Balaban J connectivity index is 2.17. The van der Waals surface area contributed by atoms with E-state index in [2.05, 4.69) is 39.8 Å². The van der Waals surface area contributed by atoms with Crippen molar-refractivity contribution in [2.75, 3.05) is 23.3 Å². The molecule has 2 rings (SSSR count). The van der Waals surface area contributed by atoms with Gasteiger partial charge in [-0.1, -0.05) is 29.8 Å². The lowest BCUT2D eigenvalue weighted by Crippen LogP contribution is -2.32. The van der Waals surface area contributed by atoms with E-state index in [0.717, 1.165) is 24.1 Å². The van der Waals surface area contributed by atoms with Gasteiger partial charge in [-0.15, -0.1) is 0 Å². The van der Waals surface area contributed by atoms with Crippen LogP contribution >= 0.6 is 15.9 Å². The van der Waals surface area contributed by atoms with E-state index < -0.39 is 0 Å². The van der Waals surface area contributed by atoms with Crippen molar-refractivity contribution in [1.82, 2.24) is 9.78 Å². The highest BCUT2D eigenvalue weighted by molar-refractivity contribution is 9.09. The number of halogens is 1. The molecule has 0 radical (unpaired) electrons. The summed E-state index contributed by atoms with van der Waals surface area (Å²) in [7, 11) is 0. The lowest BCUT2D eigenvalue weighted by atomic mass is 9.97. The Bertz CT molecular complexity index is 464. The number of hydrogen-bond donors (Lipinski definition) is 0. The summed E-state index contributed by atoms with van der Waals surface area (Å²) in [5.41, 5.74) is 0.991. The molecule has 0 amide bonds. The van der Waals surface area contributed by atoms with Gasteiger partial charge in [0.05, 0.1) is 18.4 Å². The van der Waals surface area contributed by atoms with Crippen LogP contribution in [0.2, 0.25) is 0 Å². The van der Waals surface area contributed by atoms with Gasteiger partial charge in [-0.3, -0.25) is 4.79 Å². The smallest absolute Gasteiger partial charge is 0.268 e. The SMILES string of the molecule is CC(C)(CBr)Cn1ncc(N2CCCC2)cc1=O. The molecule has 1 saturated heterocycles. The van der Waals surface area contributed by atoms with Gasteiger partial charge in [0.15, 0.2) is 0 Å². The minimum Gasteiger partial charge on any atom is -0.370 e. The largest absolute Gasteiger partial charge is 0.370 e. The molecule has 1 aliphatic heterocycles. The van der Waals surface area contributed by atoms with E-state index in [-0.39, 0.29) is 11.0 Å². The van der Waals surface area contributed by atoms with Gasteiger partial charge >= 0.3 is 0 Å². The monoisotopic (exact) mass is 313 g/mol. The molecule has 1 aliphatic rings. The van der Waals surface area contributed by atoms with Crippen LogP contribution in [0.15, 0.2) is 17.1 Å². The Hall–Kier alpha value is -0.840. The number of hydrogen-bond acceptors (Lipinski definition) is 3. The highest BCUT2D eigenvalue weighted by Gasteiger charge is 2.19. The van der Waals surface area contributed by atoms with Crippen molar-refractivity contribution in [2.45, 2.75) is 33.2 Å². The molecule has 0 atom stereocenters. The number of alkyl halides is 1. The maximum Gasteiger partial charge on any atom is 0.268 e. The topological polar surface area (TPSA) is 38.1 Å². The fourth-order valence-electron chi connectivity index (χ4n) is 2.14. The van der Waals surface area contributed by atoms with Gasteiger partial charge in [0, 0.05) is 24.5 Å². The van der Waals surface area contributed by atoms with E-state index in [9.17, 15) is 4.79 Å². The second kappa shape index (κ2) is 5.43. The summed E-state index contributed by atoms with van der Waals surface area (Å²) in [6.45, 7) is 6.95. The molecule has 0 bridgehead atoms. The molecule has 5 heteroatoms. The second-order valence-electron chi connectivity index (χ2n) is 5.70. The molecule has 4 nitrogen and oxygen atoms in total. The maximum atomic E-state index is 12.0. The molecule has 0 N–H and O–H groups in total. The second-order valence-corrected chi connectivity index (χ2v) is 6.26. The predicted molar refractivity (Wildman–Crippen MR) is 77.5 cm³/mol. The number of rotatable bonds is 4. The van der Waals surface area contributed by atoms with E-state index >= 15 is 0 Å². The van der Waals surface area contributed by atoms with Crippen LogP contribution in [-0.4, -0.2) is 28.2 Å². The van der Waals surface area contributed by atoms with Gasteiger partial charge in [-0.05, 0) is 18.3 Å². The van der Waals surface area contributed by atoms with Crippen LogP contribution < -0.4 is 10.5 Å². The average Bonchev–Trinajstić information content (AvgIpc) is 2.85. The van der Waals surface area contributed by atoms with Gasteiger partial charge in [0.2, 0.25) is 0 Å². The summed E-state index contributed by atoms with van der Waals surface area (Å²) in [6, 6.07) is 1.71. The van der Waals surface area contributed by atoms with Gasteiger partial charge in [0.1, 0.15) is 0 Å². The highest BCUT2D eigenvalue weighted by atomic mass is 79.9. The van der Waals surface area contributed by atoms with E-state index in [0.29, 0.717) is 6.54 Å². The summed E-state index contributed by atoms with van der Waals surface area (Å²) in [5.74, 6) is 0. The zero-order chi connectivity index (χ0) is 13.2. The summed E-state index contributed by atoms with van der Waals surface area (Å²) < 4.78 is 1.56. The number of anilines is 1. The number of nitrogens with zero attached hydrogens (tertiary/aromatic N) is 3. The molecule has 1 aromatic rings. The van der Waals surface area contributed by atoms with Gasteiger partial charge in [0.25, 0.3) is 5.56 Å². The van der Waals surface area contributed by atoms with Crippen LogP contribution in [0.1, 0.15) is 26.7 Å². The van der Waals surface area contributed by atoms with Crippen LogP contribution in [-0.2, 0) is 6.54 Å². The average molecular weight is 314 g/mol. The molecule has 0 aromatic carbocycles. The lowest BCUT2D eigenvalue weighted by molar-refractivity contribution is 0.326. The molecule has 0 aliphatic carbocycles. The Morgan fingerprint density at radius 3 is 2.61 bits per heavy atom. The zero-order valence-electron chi connectivity index (χ0n) is 11.0. The Morgan fingerprint density at radius 1 is 1.39 bits per heavy atom. The molecule has 0 saturated carbocycles. The van der Waals surface area contributed by atoms with Gasteiger partial charge < -0.3 is 4.90 Å². The first-order valence-electron chi connectivity index (χ1n) is 6.40. The molecule has 1 fully saturated rings. The molecule has 2 heterocycles. The fraction of sp³-hybridized carbons (Fsp3) is 0.692. The minimum absolute atomic E-state index is 0.00609. The lowest BCUT2D eigenvalue weighted by Gasteiger charge is -2.22. The third-order valence-electron chi connectivity index (χ3n) is 3.27. The molecule has 0 unspecified atom stereocenters. The summed E-state index contributed by atoms with van der Waals surface area (Å²) in [6.07, 6.45) is 4.23. The van der Waals surface area contributed by atoms with Crippen molar-refractivity contribution in [3.05, 3.63) is 22.6 Å². The molecule has 0 spiro atoms. The summed E-state index contributed by atoms with van der Waals surface area (Å²) in [5, 5.41) is 5.15. The molecule has 100 valence electrons. The fourth-order valence-corrected chi connectivity index (χ4v) is 2.32. The first kappa shape index (κ1) is 13.6. The molecule has 18 heavy (non-hydrogen) atoms. The Labute approximate surface area is 116 Å². The first-order chi connectivity index (χ1) is 8.52. The van der Waals surface area contributed by atoms with Crippen molar-refractivity contribution >= 4 is 21.6 Å². The van der Waals surface area contributed by atoms with Crippen molar-refractivity contribution in [3.63, 3.8) is 0 Å².